The van der Waals surface area contributed by atoms with Crippen molar-refractivity contribution in [3.05, 3.63) is 90.0 Å². The first-order valence-corrected chi connectivity index (χ1v) is 11.7. The molecule has 3 aromatic rings. The summed E-state index contributed by atoms with van der Waals surface area (Å²) in [5.41, 5.74) is 2.87. The second kappa shape index (κ2) is 13.6. The summed E-state index contributed by atoms with van der Waals surface area (Å²) >= 11 is 0. The highest BCUT2D eigenvalue weighted by molar-refractivity contribution is 5.80. The number of aliphatic carboxylic acids is 2. The molecule has 0 unspecified atom stereocenters. The fraction of sp³-hybridized carbons (Fsp3) is 0.286. The number of carboxylic acids is 2. The van der Waals surface area contributed by atoms with Gasteiger partial charge in [0.05, 0.1) is 13.2 Å². The van der Waals surface area contributed by atoms with Gasteiger partial charge in [0.2, 0.25) is 0 Å². The van der Waals surface area contributed by atoms with Crippen LogP contribution in [0.5, 0.6) is 11.5 Å². The number of rotatable bonds is 15. The summed E-state index contributed by atoms with van der Waals surface area (Å²) in [4.78, 5) is 23.9. The molecule has 0 aromatic heterocycles. The minimum absolute atomic E-state index is 0.424. The molecule has 0 radical (unpaired) electrons. The van der Waals surface area contributed by atoms with Gasteiger partial charge in [-0.2, -0.15) is 0 Å². The number of ether oxygens (including phenoxy) is 2. The molecule has 0 aliphatic carbocycles. The van der Waals surface area contributed by atoms with Crippen LogP contribution >= 0.6 is 0 Å². The number of hydrogen-bond donors (Lipinski definition) is 2. The fourth-order valence-corrected chi connectivity index (χ4v) is 3.69. The van der Waals surface area contributed by atoms with E-state index in [1.807, 2.05) is 36.4 Å². The summed E-state index contributed by atoms with van der Waals surface area (Å²) in [6, 6.07) is 25.3. The Morgan fingerprint density at radius 1 is 0.657 bits per heavy atom. The van der Waals surface area contributed by atoms with E-state index in [1.165, 1.54) is 16.0 Å². The van der Waals surface area contributed by atoms with Crippen molar-refractivity contribution in [2.24, 2.45) is 0 Å². The molecule has 3 rings (SSSR count). The zero-order chi connectivity index (χ0) is 24.9. The molecule has 0 atom stereocenters. The molecule has 0 saturated heterocycles. The maximum Gasteiger partial charge on any atom is 0.323 e. The second-order valence-electron chi connectivity index (χ2n) is 8.18. The molecule has 7 nitrogen and oxygen atoms in total. The molecule has 3 aromatic carbocycles. The van der Waals surface area contributed by atoms with Gasteiger partial charge in [-0.05, 0) is 36.8 Å². The lowest BCUT2D eigenvalue weighted by molar-refractivity contribution is -0.136. The minimum Gasteiger partial charge on any atom is -0.493 e. The summed E-state index contributed by atoms with van der Waals surface area (Å²) in [5.74, 6) is -1.22. The molecule has 0 fully saturated rings. The Kier molecular flexibility index (Phi) is 9.99. The normalized spacial score (nSPS) is 10.5. The molecule has 0 amide bonds. The van der Waals surface area contributed by atoms with Crippen molar-refractivity contribution in [1.29, 1.82) is 0 Å². The molecule has 35 heavy (non-hydrogen) atoms. The maximum atomic E-state index is 11.3. The summed E-state index contributed by atoms with van der Waals surface area (Å²) in [6.45, 7) is 0.0295. The van der Waals surface area contributed by atoms with Crippen LogP contribution in [0.15, 0.2) is 78.9 Å². The van der Waals surface area contributed by atoms with Crippen molar-refractivity contribution in [2.75, 3.05) is 31.2 Å². The van der Waals surface area contributed by atoms with Crippen molar-refractivity contribution >= 4 is 17.6 Å². The number of nitrogens with zero attached hydrogens (tertiary/aromatic N) is 1. The largest absolute Gasteiger partial charge is 0.493 e. The van der Waals surface area contributed by atoms with Crippen molar-refractivity contribution < 1.29 is 29.3 Å². The van der Waals surface area contributed by atoms with Crippen LogP contribution in [0.1, 0.15) is 24.0 Å². The van der Waals surface area contributed by atoms with Gasteiger partial charge in [0.15, 0.2) is 0 Å². The first kappa shape index (κ1) is 25.6. The Bertz CT molecular complexity index is 990. The number of benzene rings is 3. The first-order valence-electron chi connectivity index (χ1n) is 11.7. The van der Waals surface area contributed by atoms with E-state index < -0.39 is 25.0 Å². The minimum atomic E-state index is -1.12. The molecule has 2 N–H and O–H groups in total. The van der Waals surface area contributed by atoms with E-state index in [0.29, 0.717) is 30.4 Å². The number of anilines is 1. The summed E-state index contributed by atoms with van der Waals surface area (Å²) in [7, 11) is 0. The monoisotopic (exact) mass is 477 g/mol. The topological polar surface area (TPSA) is 96.3 Å². The van der Waals surface area contributed by atoms with E-state index in [0.717, 1.165) is 25.7 Å². The standard InChI is InChI=1S/C28H31NO6/c30-27(31)20-29(21-28(32)33)24-17-25(34-15-7-13-22-9-3-1-4-10-22)19-26(18-24)35-16-8-14-23-11-5-2-6-12-23/h1-6,9-12,17-19H,7-8,13-16,20-21H2,(H,30,31)(H,32,33). The second-order valence-corrected chi connectivity index (χ2v) is 8.18. The van der Waals surface area contributed by atoms with Crippen LogP contribution < -0.4 is 14.4 Å². The fourth-order valence-electron chi connectivity index (χ4n) is 3.69. The predicted octanol–water partition coefficient (Wildman–Crippen LogP) is 4.69. The van der Waals surface area contributed by atoms with Gasteiger partial charge in [-0.1, -0.05) is 60.7 Å². The molecule has 0 bridgehead atoms. The van der Waals surface area contributed by atoms with Crippen LogP contribution in [0.25, 0.3) is 0 Å². The average Bonchev–Trinajstić information content (AvgIpc) is 2.85. The number of hydrogen-bond acceptors (Lipinski definition) is 5. The third-order valence-electron chi connectivity index (χ3n) is 5.32. The lowest BCUT2D eigenvalue weighted by Crippen LogP contribution is -2.34. The van der Waals surface area contributed by atoms with Crippen LogP contribution in [0.4, 0.5) is 5.69 Å². The maximum absolute atomic E-state index is 11.3. The van der Waals surface area contributed by atoms with Gasteiger partial charge in [-0.15, -0.1) is 0 Å². The van der Waals surface area contributed by atoms with Crippen LogP contribution in [0.3, 0.4) is 0 Å². The molecular weight excluding hydrogens is 446 g/mol. The average molecular weight is 478 g/mol. The van der Waals surface area contributed by atoms with Crippen LogP contribution in [0, 0.1) is 0 Å². The Morgan fingerprint density at radius 2 is 1.09 bits per heavy atom. The number of carboxylic acid groups (broad SMARTS) is 2. The Morgan fingerprint density at radius 3 is 1.49 bits per heavy atom. The molecule has 184 valence electrons. The SMILES string of the molecule is O=C(O)CN(CC(=O)O)c1cc(OCCCc2ccccc2)cc(OCCCc2ccccc2)c1. The van der Waals surface area contributed by atoms with Gasteiger partial charge in [0.1, 0.15) is 24.6 Å². The summed E-state index contributed by atoms with van der Waals surface area (Å²) in [6.07, 6.45) is 3.34. The lowest BCUT2D eigenvalue weighted by Gasteiger charge is -2.22. The van der Waals surface area contributed by atoms with Crippen LogP contribution in [-0.4, -0.2) is 48.5 Å². The van der Waals surface area contributed by atoms with Crippen molar-refractivity contribution in [3.8, 4) is 11.5 Å². The highest BCUT2D eigenvalue weighted by Gasteiger charge is 2.17. The smallest absolute Gasteiger partial charge is 0.323 e. The number of carbonyl (C=O) groups is 2. The van der Waals surface area contributed by atoms with E-state index in [-0.39, 0.29) is 0 Å². The van der Waals surface area contributed by atoms with E-state index in [9.17, 15) is 19.8 Å². The van der Waals surface area contributed by atoms with Gasteiger partial charge >= 0.3 is 11.9 Å². The Hall–Kier alpha value is -4.00. The Balaban J connectivity index is 1.67. The van der Waals surface area contributed by atoms with Gasteiger partial charge < -0.3 is 24.6 Å². The zero-order valence-corrected chi connectivity index (χ0v) is 19.6. The Labute approximate surface area is 205 Å². The van der Waals surface area contributed by atoms with Gasteiger partial charge in [-0.25, -0.2) is 0 Å². The molecule has 0 saturated carbocycles. The summed E-state index contributed by atoms with van der Waals surface area (Å²) < 4.78 is 11.9. The first-order chi connectivity index (χ1) is 17.0. The highest BCUT2D eigenvalue weighted by Crippen LogP contribution is 2.29. The third kappa shape index (κ3) is 9.41. The molecular formula is C28H31NO6. The van der Waals surface area contributed by atoms with E-state index in [4.69, 9.17) is 9.47 Å². The van der Waals surface area contributed by atoms with Gasteiger partial charge in [0, 0.05) is 23.9 Å². The van der Waals surface area contributed by atoms with Crippen molar-refractivity contribution in [3.63, 3.8) is 0 Å². The lowest BCUT2D eigenvalue weighted by atomic mass is 10.1. The van der Waals surface area contributed by atoms with E-state index in [1.54, 1.807) is 18.2 Å². The third-order valence-corrected chi connectivity index (χ3v) is 5.32. The van der Waals surface area contributed by atoms with Crippen molar-refractivity contribution in [2.45, 2.75) is 25.7 Å². The van der Waals surface area contributed by atoms with Gasteiger partial charge in [0.25, 0.3) is 0 Å². The molecule has 0 aliphatic rings. The quantitative estimate of drug-likeness (QED) is 0.307. The predicted molar refractivity (Wildman–Crippen MR) is 134 cm³/mol. The van der Waals surface area contributed by atoms with Crippen LogP contribution in [0.2, 0.25) is 0 Å². The molecule has 0 aliphatic heterocycles. The van der Waals surface area contributed by atoms with Gasteiger partial charge in [-0.3, -0.25) is 9.59 Å². The molecule has 7 heteroatoms. The molecule has 0 spiro atoms. The highest BCUT2D eigenvalue weighted by atomic mass is 16.5. The number of aryl methyl sites for hydroxylation is 2. The van der Waals surface area contributed by atoms with Crippen LogP contribution in [-0.2, 0) is 22.4 Å². The molecule has 0 heterocycles. The van der Waals surface area contributed by atoms with E-state index >= 15 is 0 Å². The van der Waals surface area contributed by atoms with E-state index in [2.05, 4.69) is 24.3 Å². The zero-order valence-electron chi connectivity index (χ0n) is 19.6. The summed E-state index contributed by atoms with van der Waals surface area (Å²) in [5, 5.41) is 18.5. The van der Waals surface area contributed by atoms with Crippen molar-refractivity contribution in [1.82, 2.24) is 0 Å².